The number of benzene rings is 2. The van der Waals surface area contributed by atoms with Crippen molar-refractivity contribution in [3.63, 3.8) is 0 Å². The maximum absolute atomic E-state index is 11.7. The third kappa shape index (κ3) is 4.54. The Morgan fingerprint density at radius 3 is 2.68 bits per heavy atom. The molecule has 0 fully saturated rings. The van der Waals surface area contributed by atoms with Crippen molar-refractivity contribution < 1.29 is 9.90 Å². The Morgan fingerprint density at radius 1 is 1.29 bits per heavy atom. The Balaban J connectivity index is 2.17. The van der Waals surface area contributed by atoms with Crippen molar-refractivity contribution >= 4 is 29.1 Å². The molecule has 31 heavy (non-hydrogen) atoms. The van der Waals surface area contributed by atoms with Crippen molar-refractivity contribution in [2.24, 2.45) is 22.3 Å². The largest absolute Gasteiger partial charge is 0.478 e. The number of rotatable bonds is 5. The molecule has 2 aromatic rings. The Labute approximate surface area is 181 Å². The van der Waals surface area contributed by atoms with E-state index in [-0.39, 0.29) is 11.6 Å². The number of nitrogens with zero attached hydrogens (tertiary/aromatic N) is 2. The van der Waals surface area contributed by atoms with E-state index < -0.39 is 5.97 Å². The summed E-state index contributed by atoms with van der Waals surface area (Å²) in [6, 6.07) is 12.6. The van der Waals surface area contributed by atoms with Gasteiger partial charge in [0, 0.05) is 48.5 Å². The second-order valence-electron chi connectivity index (χ2n) is 7.37. The summed E-state index contributed by atoms with van der Waals surface area (Å²) in [5, 5.41) is 14.6. The SMILES string of the molecule is CN=CC(=CN)c1ccc2c(c1)C(Nc1ccccc1C(=O)O)CCN(N)/C2=C(/C)N. The zero-order valence-electron chi connectivity index (χ0n) is 17.7. The number of nitrogens with two attached hydrogens (primary N) is 3. The van der Waals surface area contributed by atoms with Gasteiger partial charge in [-0.2, -0.15) is 0 Å². The van der Waals surface area contributed by atoms with Crippen molar-refractivity contribution in [3.05, 3.63) is 76.6 Å². The van der Waals surface area contributed by atoms with E-state index in [2.05, 4.69) is 10.3 Å². The van der Waals surface area contributed by atoms with E-state index in [1.807, 2.05) is 25.1 Å². The lowest BCUT2D eigenvalue weighted by Gasteiger charge is -2.23. The van der Waals surface area contributed by atoms with Gasteiger partial charge >= 0.3 is 5.97 Å². The van der Waals surface area contributed by atoms with Crippen LogP contribution in [0, 0.1) is 0 Å². The minimum atomic E-state index is -0.989. The maximum atomic E-state index is 11.7. The summed E-state index contributed by atoms with van der Waals surface area (Å²) in [6.45, 7) is 2.35. The van der Waals surface area contributed by atoms with E-state index in [1.54, 1.807) is 42.5 Å². The molecule has 8 N–H and O–H groups in total. The lowest BCUT2D eigenvalue weighted by Crippen LogP contribution is -2.31. The molecular formula is C23H28N6O2. The number of fused-ring (bicyclic) bond motifs is 1. The number of carboxylic acids is 1. The van der Waals surface area contributed by atoms with Gasteiger partial charge in [-0.1, -0.05) is 24.3 Å². The highest BCUT2D eigenvalue weighted by Gasteiger charge is 2.27. The number of nitrogens with one attached hydrogen (secondary N) is 1. The summed E-state index contributed by atoms with van der Waals surface area (Å²) in [4.78, 5) is 15.8. The molecule has 0 spiro atoms. The Kier molecular flexibility index (Phi) is 6.61. The van der Waals surface area contributed by atoms with Crippen molar-refractivity contribution in [2.75, 3.05) is 18.9 Å². The van der Waals surface area contributed by atoms with Gasteiger partial charge in [0.15, 0.2) is 0 Å². The summed E-state index contributed by atoms with van der Waals surface area (Å²) < 4.78 is 0. The van der Waals surface area contributed by atoms with Crippen molar-refractivity contribution in [1.29, 1.82) is 0 Å². The van der Waals surface area contributed by atoms with Crippen LogP contribution in [0.15, 0.2) is 59.4 Å². The van der Waals surface area contributed by atoms with Gasteiger partial charge in [-0.05, 0) is 42.7 Å². The van der Waals surface area contributed by atoms with Gasteiger partial charge in [0.05, 0.1) is 17.3 Å². The van der Waals surface area contributed by atoms with Crippen LogP contribution in [0.4, 0.5) is 5.69 Å². The number of anilines is 1. The average Bonchev–Trinajstić information content (AvgIpc) is 2.88. The first-order valence-electron chi connectivity index (χ1n) is 9.93. The third-order valence-electron chi connectivity index (χ3n) is 5.27. The van der Waals surface area contributed by atoms with Crippen LogP contribution in [0.5, 0.6) is 0 Å². The molecule has 0 saturated carbocycles. The standard InChI is InChI=1S/C23H28N6O2/c1-14(25)22-17-8-7-15(16(12-24)13-27-2)11-19(17)21(9-10-29(22)26)28-20-6-4-3-5-18(20)23(30)31/h3-8,11-13,21,28H,9-10,24-26H2,1-2H3,(H,30,31)/b16-12?,22-14-,27-13?. The van der Waals surface area contributed by atoms with E-state index in [4.69, 9.17) is 17.3 Å². The smallest absolute Gasteiger partial charge is 0.337 e. The minimum absolute atomic E-state index is 0.198. The molecule has 1 atom stereocenters. The average molecular weight is 421 g/mol. The molecule has 162 valence electrons. The molecule has 1 aliphatic heterocycles. The molecule has 3 rings (SSSR count). The van der Waals surface area contributed by atoms with Gasteiger partial charge in [0.1, 0.15) is 0 Å². The van der Waals surface area contributed by atoms with E-state index in [0.717, 1.165) is 28.0 Å². The fourth-order valence-electron chi connectivity index (χ4n) is 3.86. The Hall–Kier alpha value is -3.78. The number of aromatic carboxylic acids is 1. The van der Waals surface area contributed by atoms with Crippen LogP contribution in [0.25, 0.3) is 11.3 Å². The van der Waals surface area contributed by atoms with Crippen LogP contribution in [-0.4, -0.2) is 35.9 Å². The summed E-state index contributed by atoms with van der Waals surface area (Å²) in [5.74, 6) is 5.33. The Morgan fingerprint density at radius 2 is 2.03 bits per heavy atom. The van der Waals surface area contributed by atoms with Crippen LogP contribution < -0.4 is 22.6 Å². The van der Waals surface area contributed by atoms with E-state index in [0.29, 0.717) is 24.4 Å². The number of aliphatic imine (C=N–C) groups is 1. The first-order valence-corrected chi connectivity index (χ1v) is 9.93. The predicted molar refractivity (Wildman–Crippen MR) is 125 cm³/mol. The molecule has 8 nitrogen and oxygen atoms in total. The van der Waals surface area contributed by atoms with Crippen molar-refractivity contribution in [3.8, 4) is 0 Å². The van der Waals surface area contributed by atoms with Crippen LogP contribution >= 0.6 is 0 Å². The zero-order chi connectivity index (χ0) is 22.5. The monoisotopic (exact) mass is 420 g/mol. The lowest BCUT2D eigenvalue weighted by atomic mass is 9.92. The normalized spacial score (nSPS) is 18.5. The second-order valence-corrected chi connectivity index (χ2v) is 7.37. The first-order chi connectivity index (χ1) is 14.9. The summed E-state index contributed by atoms with van der Waals surface area (Å²) in [7, 11) is 1.69. The third-order valence-corrected chi connectivity index (χ3v) is 5.27. The van der Waals surface area contributed by atoms with Gasteiger partial charge in [-0.15, -0.1) is 0 Å². The fourth-order valence-corrected chi connectivity index (χ4v) is 3.86. The summed E-state index contributed by atoms with van der Waals surface area (Å²) in [5.41, 5.74) is 17.6. The molecule has 0 saturated heterocycles. The topological polar surface area (TPSA) is 143 Å². The minimum Gasteiger partial charge on any atom is -0.478 e. The number of carboxylic acid groups (broad SMARTS) is 1. The summed E-state index contributed by atoms with van der Waals surface area (Å²) >= 11 is 0. The van der Waals surface area contributed by atoms with Gasteiger partial charge in [-0.25, -0.2) is 10.6 Å². The number of allylic oxidation sites excluding steroid dienone is 2. The van der Waals surface area contributed by atoms with Crippen LogP contribution in [-0.2, 0) is 0 Å². The fraction of sp³-hybridized carbons (Fsp3) is 0.217. The Bertz CT molecular complexity index is 1070. The van der Waals surface area contributed by atoms with Gasteiger partial charge in [0.25, 0.3) is 0 Å². The number of para-hydroxylation sites is 1. The van der Waals surface area contributed by atoms with Gasteiger partial charge < -0.3 is 26.9 Å². The van der Waals surface area contributed by atoms with Crippen LogP contribution in [0.2, 0.25) is 0 Å². The molecule has 2 aromatic carbocycles. The molecule has 0 amide bonds. The van der Waals surface area contributed by atoms with E-state index in [1.165, 1.54) is 6.20 Å². The van der Waals surface area contributed by atoms with Crippen molar-refractivity contribution in [1.82, 2.24) is 5.01 Å². The van der Waals surface area contributed by atoms with E-state index in [9.17, 15) is 9.90 Å². The predicted octanol–water partition coefficient (Wildman–Crippen LogP) is 2.76. The second kappa shape index (κ2) is 9.36. The van der Waals surface area contributed by atoms with Crippen molar-refractivity contribution in [2.45, 2.75) is 19.4 Å². The number of hydrazine groups is 1. The van der Waals surface area contributed by atoms with Crippen LogP contribution in [0.3, 0.4) is 0 Å². The number of hydrogen-bond acceptors (Lipinski definition) is 7. The van der Waals surface area contributed by atoms with E-state index >= 15 is 0 Å². The van der Waals surface area contributed by atoms with Gasteiger partial charge in [0.2, 0.25) is 0 Å². The molecule has 8 heteroatoms. The number of carbonyl (C=O) groups is 1. The molecule has 1 aliphatic rings. The molecular weight excluding hydrogens is 392 g/mol. The first kappa shape index (κ1) is 21.9. The number of hydrogen-bond donors (Lipinski definition) is 5. The summed E-state index contributed by atoms with van der Waals surface area (Å²) in [6.07, 6.45) is 3.84. The highest BCUT2D eigenvalue weighted by Crippen LogP contribution is 2.37. The molecule has 0 aliphatic carbocycles. The molecule has 0 bridgehead atoms. The van der Waals surface area contributed by atoms with Crippen LogP contribution in [0.1, 0.15) is 46.4 Å². The lowest BCUT2D eigenvalue weighted by molar-refractivity contribution is 0.0698. The molecule has 1 heterocycles. The highest BCUT2D eigenvalue weighted by molar-refractivity contribution is 6.09. The quantitative estimate of drug-likeness (QED) is 0.370. The molecule has 0 aromatic heterocycles. The zero-order valence-corrected chi connectivity index (χ0v) is 17.7. The molecule has 0 radical (unpaired) electrons. The maximum Gasteiger partial charge on any atom is 0.337 e. The molecule has 1 unspecified atom stereocenters. The highest BCUT2D eigenvalue weighted by atomic mass is 16.4. The van der Waals surface area contributed by atoms with Gasteiger partial charge in [-0.3, -0.25) is 4.99 Å².